The van der Waals surface area contributed by atoms with Crippen LogP contribution in [0.25, 0.3) is 0 Å². The van der Waals surface area contributed by atoms with Gasteiger partial charge in [0.15, 0.2) is 0 Å². The second kappa shape index (κ2) is 4.02. The third-order valence-corrected chi connectivity index (χ3v) is 3.74. The summed E-state index contributed by atoms with van der Waals surface area (Å²) in [5.74, 6) is 0.566. The quantitative estimate of drug-likeness (QED) is 0.630. The molecule has 1 aromatic rings. The molecule has 1 N–H and O–H groups in total. The molecule has 0 bridgehead atoms. The standard InChI is InChI=1S/C13H18N2O2/c1-4-10-7-9-5-6-11(15(16)17)8-12(9)14-13(10,2)3/h5-6,8,10,14H,4,7H2,1-3H3. The van der Waals surface area contributed by atoms with Crippen LogP contribution in [0.1, 0.15) is 32.8 Å². The van der Waals surface area contributed by atoms with E-state index in [-0.39, 0.29) is 16.1 Å². The Morgan fingerprint density at radius 3 is 2.82 bits per heavy atom. The van der Waals surface area contributed by atoms with Gasteiger partial charge in [0, 0.05) is 23.4 Å². The van der Waals surface area contributed by atoms with E-state index < -0.39 is 0 Å². The van der Waals surface area contributed by atoms with Crippen molar-refractivity contribution >= 4 is 11.4 Å². The zero-order valence-corrected chi connectivity index (χ0v) is 10.5. The van der Waals surface area contributed by atoms with Gasteiger partial charge < -0.3 is 5.32 Å². The second-order valence-corrected chi connectivity index (χ2v) is 5.25. The van der Waals surface area contributed by atoms with Gasteiger partial charge >= 0.3 is 0 Å². The third-order valence-electron chi connectivity index (χ3n) is 3.74. The molecule has 4 heteroatoms. The molecule has 92 valence electrons. The van der Waals surface area contributed by atoms with Crippen LogP contribution < -0.4 is 5.32 Å². The van der Waals surface area contributed by atoms with Crippen LogP contribution in [-0.2, 0) is 6.42 Å². The van der Waals surface area contributed by atoms with Crippen molar-refractivity contribution in [3.63, 3.8) is 0 Å². The van der Waals surface area contributed by atoms with Gasteiger partial charge in [0.2, 0.25) is 0 Å². The summed E-state index contributed by atoms with van der Waals surface area (Å²) in [6.07, 6.45) is 2.10. The van der Waals surface area contributed by atoms with E-state index in [1.807, 2.05) is 6.07 Å². The van der Waals surface area contributed by atoms with Crippen LogP contribution >= 0.6 is 0 Å². The van der Waals surface area contributed by atoms with Crippen LogP contribution in [0.3, 0.4) is 0 Å². The van der Waals surface area contributed by atoms with Gasteiger partial charge in [0.05, 0.1) is 4.92 Å². The van der Waals surface area contributed by atoms with E-state index in [1.54, 1.807) is 12.1 Å². The first-order valence-corrected chi connectivity index (χ1v) is 5.99. The Kier molecular flexibility index (Phi) is 2.81. The largest absolute Gasteiger partial charge is 0.379 e. The smallest absolute Gasteiger partial charge is 0.271 e. The van der Waals surface area contributed by atoms with Crippen LogP contribution in [0.2, 0.25) is 0 Å². The minimum atomic E-state index is -0.346. The molecule has 0 aromatic heterocycles. The molecular formula is C13H18N2O2. The van der Waals surface area contributed by atoms with Crippen LogP contribution in [-0.4, -0.2) is 10.5 Å². The molecule has 1 aliphatic heterocycles. The molecule has 1 unspecified atom stereocenters. The summed E-state index contributed by atoms with van der Waals surface area (Å²) < 4.78 is 0. The Hall–Kier alpha value is -1.58. The summed E-state index contributed by atoms with van der Waals surface area (Å²) in [5.41, 5.74) is 2.24. The molecule has 1 aromatic carbocycles. The highest BCUT2D eigenvalue weighted by molar-refractivity contribution is 5.60. The highest BCUT2D eigenvalue weighted by atomic mass is 16.6. The summed E-state index contributed by atoms with van der Waals surface area (Å²) in [5, 5.41) is 14.2. The fraction of sp³-hybridized carbons (Fsp3) is 0.538. The molecule has 1 heterocycles. The van der Waals surface area contributed by atoms with Gasteiger partial charge in [-0.1, -0.05) is 19.4 Å². The molecular weight excluding hydrogens is 216 g/mol. The normalized spacial score (nSPS) is 21.5. The van der Waals surface area contributed by atoms with Crippen molar-refractivity contribution in [1.82, 2.24) is 0 Å². The molecule has 0 spiro atoms. The van der Waals surface area contributed by atoms with E-state index in [1.165, 1.54) is 5.56 Å². The predicted molar refractivity (Wildman–Crippen MR) is 68.3 cm³/mol. The van der Waals surface area contributed by atoms with Crippen molar-refractivity contribution in [2.45, 2.75) is 39.2 Å². The lowest BCUT2D eigenvalue weighted by molar-refractivity contribution is -0.384. The van der Waals surface area contributed by atoms with Crippen LogP contribution in [0.15, 0.2) is 18.2 Å². The second-order valence-electron chi connectivity index (χ2n) is 5.25. The van der Waals surface area contributed by atoms with Crippen molar-refractivity contribution in [3.05, 3.63) is 33.9 Å². The van der Waals surface area contributed by atoms with Crippen molar-refractivity contribution < 1.29 is 4.92 Å². The highest BCUT2D eigenvalue weighted by Gasteiger charge is 2.33. The average Bonchev–Trinajstić information content (AvgIpc) is 2.25. The predicted octanol–water partition coefficient (Wildman–Crippen LogP) is 3.37. The first-order valence-electron chi connectivity index (χ1n) is 5.99. The number of fused-ring (bicyclic) bond motifs is 1. The maximum absolute atomic E-state index is 10.7. The average molecular weight is 234 g/mol. The summed E-state index contributed by atoms with van der Waals surface area (Å²) >= 11 is 0. The van der Waals surface area contributed by atoms with Crippen molar-refractivity contribution in [2.75, 3.05) is 5.32 Å². The van der Waals surface area contributed by atoms with Crippen LogP contribution in [0.5, 0.6) is 0 Å². The SMILES string of the molecule is CCC1Cc2ccc([N+](=O)[O-])cc2NC1(C)C. The number of nitro groups is 1. The van der Waals surface area contributed by atoms with E-state index in [0.717, 1.165) is 18.5 Å². The maximum atomic E-state index is 10.7. The molecule has 0 radical (unpaired) electrons. The van der Waals surface area contributed by atoms with E-state index in [2.05, 4.69) is 26.1 Å². The van der Waals surface area contributed by atoms with Gasteiger partial charge in [0.1, 0.15) is 0 Å². The summed E-state index contributed by atoms with van der Waals surface area (Å²) in [6.45, 7) is 6.50. The number of nitrogens with one attached hydrogen (secondary N) is 1. The van der Waals surface area contributed by atoms with E-state index in [4.69, 9.17) is 0 Å². The number of anilines is 1. The molecule has 0 fully saturated rings. The summed E-state index contributed by atoms with van der Waals surface area (Å²) in [6, 6.07) is 5.10. The lowest BCUT2D eigenvalue weighted by Crippen LogP contribution is -2.43. The van der Waals surface area contributed by atoms with E-state index in [0.29, 0.717) is 5.92 Å². The van der Waals surface area contributed by atoms with E-state index >= 15 is 0 Å². The van der Waals surface area contributed by atoms with Gasteiger partial charge in [-0.25, -0.2) is 0 Å². The third kappa shape index (κ3) is 2.12. The molecule has 17 heavy (non-hydrogen) atoms. The number of nitrogens with zero attached hydrogens (tertiary/aromatic N) is 1. The monoisotopic (exact) mass is 234 g/mol. The zero-order chi connectivity index (χ0) is 12.6. The number of nitro benzene ring substituents is 1. The minimum absolute atomic E-state index is 0.00300. The molecule has 2 rings (SSSR count). The zero-order valence-electron chi connectivity index (χ0n) is 10.5. The molecule has 0 saturated carbocycles. The highest BCUT2D eigenvalue weighted by Crippen LogP contribution is 2.37. The van der Waals surface area contributed by atoms with Gasteiger partial charge in [-0.2, -0.15) is 0 Å². The molecule has 1 atom stereocenters. The number of non-ortho nitro benzene ring substituents is 1. The van der Waals surface area contributed by atoms with Crippen LogP contribution in [0, 0.1) is 16.0 Å². The number of rotatable bonds is 2. The molecule has 0 saturated heterocycles. The molecule has 0 amide bonds. The van der Waals surface area contributed by atoms with Crippen molar-refractivity contribution in [1.29, 1.82) is 0 Å². The first kappa shape index (κ1) is 11.9. The van der Waals surface area contributed by atoms with Crippen molar-refractivity contribution in [2.24, 2.45) is 5.92 Å². The number of hydrogen-bond acceptors (Lipinski definition) is 3. The number of hydrogen-bond donors (Lipinski definition) is 1. The van der Waals surface area contributed by atoms with Gasteiger partial charge in [0.25, 0.3) is 5.69 Å². The van der Waals surface area contributed by atoms with Crippen molar-refractivity contribution in [3.8, 4) is 0 Å². The fourth-order valence-corrected chi connectivity index (χ4v) is 2.60. The maximum Gasteiger partial charge on any atom is 0.271 e. The summed E-state index contributed by atoms with van der Waals surface area (Å²) in [7, 11) is 0. The molecule has 1 aliphatic rings. The Labute approximate surface area is 101 Å². The Morgan fingerprint density at radius 2 is 2.24 bits per heavy atom. The Balaban J connectivity index is 2.39. The minimum Gasteiger partial charge on any atom is -0.379 e. The van der Waals surface area contributed by atoms with Gasteiger partial charge in [-0.3, -0.25) is 10.1 Å². The molecule has 4 nitrogen and oxygen atoms in total. The summed E-state index contributed by atoms with van der Waals surface area (Å²) in [4.78, 5) is 10.4. The molecule has 0 aliphatic carbocycles. The number of benzene rings is 1. The van der Waals surface area contributed by atoms with Gasteiger partial charge in [-0.05, 0) is 31.7 Å². The van der Waals surface area contributed by atoms with Gasteiger partial charge in [-0.15, -0.1) is 0 Å². The lowest BCUT2D eigenvalue weighted by atomic mass is 9.77. The fourth-order valence-electron chi connectivity index (χ4n) is 2.60. The Morgan fingerprint density at radius 1 is 1.53 bits per heavy atom. The lowest BCUT2D eigenvalue weighted by Gasteiger charge is -2.41. The van der Waals surface area contributed by atoms with Crippen LogP contribution in [0.4, 0.5) is 11.4 Å². The topological polar surface area (TPSA) is 55.2 Å². The Bertz CT molecular complexity index is 455. The first-order chi connectivity index (χ1) is 7.94. The van der Waals surface area contributed by atoms with E-state index in [9.17, 15) is 10.1 Å².